The number of aliphatic hydroxyl groups is 1. The molecule has 0 aromatic heterocycles. The first-order valence-corrected chi connectivity index (χ1v) is 6.43. The van der Waals surface area contributed by atoms with Crippen LogP contribution >= 0.6 is 23.2 Å². The Bertz CT molecular complexity index is 487. The number of aliphatic hydroxyl groups excluding tert-OH is 1. The van der Waals surface area contributed by atoms with Gasteiger partial charge in [0.1, 0.15) is 6.10 Å². The van der Waals surface area contributed by atoms with Crippen LogP contribution < -0.4 is 0 Å². The molecule has 2 rings (SSSR count). The van der Waals surface area contributed by atoms with Crippen LogP contribution in [0.25, 0.3) is 0 Å². The van der Waals surface area contributed by atoms with Crippen LogP contribution in [0.15, 0.2) is 36.4 Å². The van der Waals surface area contributed by atoms with Crippen molar-refractivity contribution < 1.29 is 5.11 Å². The number of halogens is 2. The average Bonchev–Trinajstić information content (AvgIpc) is 2.25. The molecule has 0 saturated heterocycles. The van der Waals surface area contributed by atoms with Crippen molar-refractivity contribution in [1.29, 1.82) is 0 Å². The van der Waals surface area contributed by atoms with Crippen molar-refractivity contribution in [1.82, 2.24) is 0 Å². The van der Waals surface area contributed by atoms with Crippen molar-refractivity contribution >= 4 is 23.2 Å². The lowest BCUT2D eigenvalue weighted by molar-refractivity contribution is 0.220. The predicted octanol–water partition coefficient (Wildman–Crippen LogP) is 4.69. The Labute approximate surface area is 117 Å². The van der Waals surface area contributed by atoms with E-state index in [-0.39, 0.29) is 0 Å². The van der Waals surface area contributed by atoms with Gasteiger partial charge in [0.15, 0.2) is 0 Å². The third-order valence-electron chi connectivity index (χ3n) is 2.76. The third-order valence-corrected chi connectivity index (χ3v) is 3.20. The minimum atomic E-state index is -0.709. The highest BCUT2D eigenvalue weighted by atomic mass is 35.5. The van der Waals surface area contributed by atoms with Crippen LogP contribution in [0.1, 0.15) is 28.4 Å². The molecule has 0 aliphatic rings. The van der Waals surface area contributed by atoms with Gasteiger partial charge in [-0.05, 0) is 43.2 Å². The summed E-state index contributed by atoms with van der Waals surface area (Å²) in [6.07, 6.45) is -0.709. The fourth-order valence-electron chi connectivity index (χ4n) is 2.09. The van der Waals surface area contributed by atoms with Crippen molar-refractivity contribution in [3.8, 4) is 0 Å². The van der Waals surface area contributed by atoms with E-state index in [0.29, 0.717) is 15.6 Å². The van der Waals surface area contributed by atoms with Gasteiger partial charge >= 0.3 is 0 Å². The molecule has 0 aliphatic carbocycles. The average molecular weight is 281 g/mol. The van der Waals surface area contributed by atoms with Crippen LogP contribution in [0.5, 0.6) is 0 Å². The SMILES string of the molecule is Cc1cc(C)cc(C(O)c2cc(Cl)cc(Cl)c2)c1. The van der Waals surface area contributed by atoms with E-state index in [4.69, 9.17) is 23.2 Å². The maximum atomic E-state index is 10.4. The molecule has 0 fully saturated rings. The highest BCUT2D eigenvalue weighted by molar-refractivity contribution is 6.34. The quantitative estimate of drug-likeness (QED) is 0.846. The lowest BCUT2D eigenvalue weighted by atomic mass is 9.98. The van der Waals surface area contributed by atoms with E-state index in [1.54, 1.807) is 18.2 Å². The van der Waals surface area contributed by atoms with E-state index in [1.807, 2.05) is 26.0 Å². The first-order valence-electron chi connectivity index (χ1n) is 5.68. The Kier molecular flexibility index (Phi) is 3.96. The van der Waals surface area contributed by atoms with Crippen molar-refractivity contribution in [2.45, 2.75) is 20.0 Å². The van der Waals surface area contributed by atoms with Gasteiger partial charge in [0.2, 0.25) is 0 Å². The lowest BCUT2D eigenvalue weighted by Crippen LogP contribution is -2.00. The molecule has 94 valence electrons. The molecular weight excluding hydrogens is 267 g/mol. The Morgan fingerprint density at radius 3 is 1.72 bits per heavy atom. The number of hydrogen-bond donors (Lipinski definition) is 1. The van der Waals surface area contributed by atoms with E-state index in [2.05, 4.69) is 6.07 Å². The maximum Gasteiger partial charge on any atom is 0.104 e. The molecule has 0 bridgehead atoms. The van der Waals surface area contributed by atoms with Crippen molar-refractivity contribution in [3.05, 3.63) is 68.7 Å². The lowest BCUT2D eigenvalue weighted by Gasteiger charge is -2.14. The highest BCUT2D eigenvalue weighted by Crippen LogP contribution is 2.28. The summed E-state index contributed by atoms with van der Waals surface area (Å²) < 4.78 is 0. The number of aryl methyl sites for hydroxylation is 2. The molecule has 1 unspecified atom stereocenters. The summed E-state index contributed by atoms with van der Waals surface area (Å²) in [6.45, 7) is 4.02. The second-order valence-corrected chi connectivity index (χ2v) is 5.40. The summed E-state index contributed by atoms with van der Waals surface area (Å²) in [5.74, 6) is 0. The zero-order chi connectivity index (χ0) is 13.3. The van der Waals surface area contributed by atoms with Gasteiger partial charge in [0.05, 0.1) is 0 Å². The summed E-state index contributed by atoms with van der Waals surface area (Å²) in [6, 6.07) is 11.1. The molecule has 0 radical (unpaired) electrons. The summed E-state index contributed by atoms with van der Waals surface area (Å²) in [4.78, 5) is 0. The zero-order valence-electron chi connectivity index (χ0n) is 10.2. The number of rotatable bonds is 2. The second kappa shape index (κ2) is 5.31. The number of benzene rings is 2. The van der Waals surface area contributed by atoms with Gasteiger partial charge in [-0.25, -0.2) is 0 Å². The first-order chi connectivity index (χ1) is 8.45. The van der Waals surface area contributed by atoms with Gasteiger partial charge in [0.25, 0.3) is 0 Å². The standard InChI is InChI=1S/C15H14Cl2O/c1-9-3-10(2)5-11(4-9)15(18)12-6-13(16)8-14(17)7-12/h3-8,15,18H,1-2H3. The van der Waals surface area contributed by atoms with Crippen LogP contribution in [0, 0.1) is 13.8 Å². The first kappa shape index (κ1) is 13.4. The van der Waals surface area contributed by atoms with Crippen LogP contribution in [0.4, 0.5) is 0 Å². The van der Waals surface area contributed by atoms with Gasteiger partial charge in [-0.2, -0.15) is 0 Å². The second-order valence-electron chi connectivity index (χ2n) is 4.53. The van der Waals surface area contributed by atoms with Crippen LogP contribution in [-0.2, 0) is 0 Å². The highest BCUT2D eigenvalue weighted by Gasteiger charge is 2.12. The van der Waals surface area contributed by atoms with Crippen LogP contribution in [0.2, 0.25) is 10.0 Å². The van der Waals surface area contributed by atoms with Gasteiger partial charge in [0, 0.05) is 10.0 Å². The van der Waals surface area contributed by atoms with Crippen molar-refractivity contribution in [3.63, 3.8) is 0 Å². The summed E-state index contributed by atoms with van der Waals surface area (Å²) in [7, 11) is 0. The maximum absolute atomic E-state index is 10.4. The molecule has 0 aliphatic heterocycles. The van der Waals surface area contributed by atoms with Gasteiger partial charge in [-0.15, -0.1) is 0 Å². The molecule has 1 atom stereocenters. The number of hydrogen-bond acceptors (Lipinski definition) is 1. The van der Waals surface area contributed by atoms with E-state index < -0.39 is 6.10 Å². The van der Waals surface area contributed by atoms with Gasteiger partial charge < -0.3 is 5.11 Å². The van der Waals surface area contributed by atoms with Crippen LogP contribution in [0.3, 0.4) is 0 Å². The van der Waals surface area contributed by atoms with E-state index >= 15 is 0 Å². The Morgan fingerprint density at radius 1 is 0.778 bits per heavy atom. The van der Waals surface area contributed by atoms with Crippen LogP contribution in [-0.4, -0.2) is 5.11 Å². The third kappa shape index (κ3) is 3.05. The largest absolute Gasteiger partial charge is 0.384 e. The summed E-state index contributed by atoms with van der Waals surface area (Å²) >= 11 is 11.9. The fraction of sp³-hybridized carbons (Fsp3) is 0.200. The van der Waals surface area contributed by atoms with Gasteiger partial charge in [-0.1, -0.05) is 52.5 Å². The van der Waals surface area contributed by atoms with Gasteiger partial charge in [-0.3, -0.25) is 0 Å². The normalized spacial score (nSPS) is 12.5. The molecule has 3 heteroatoms. The molecule has 0 spiro atoms. The Morgan fingerprint density at radius 2 is 1.22 bits per heavy atom. The van der Waals surface area contributed by atoms with E-state index in [9.17, 15) is 5.11 Å². The minimum absolute atomic E-state index is 0.529. The Balaban J connectivity index is 2.43. The monoisotopic (exact) mass is 280 g/mol. The molecule has 18 heavy (non-hydrogen) atoms. The zero-order valence-corrected chi connectivity index (χ0v) is 11.8. The minimum Gasteiger partial charge on any atom is -0.384 e. The molecule has 1 N–H and O–H groups in total. The smallest absolute Gasteiger partial charge is 0.104 e. The van der Waals surface area contributed by atoms with E-state index in [0.717, 1.165) is 16.7 Å². The molecule has 2 aromatic rings. The van der Waals surface area contributed by atoms with Crippen molar-refractivity contribution in [2.24, 2.45) is 0 Å². The molecular formula is C15H14Cl2O. The van der Waals surface area contributed by atoms with Crippen molar-refractivity contribution in [2.75, 3.05) is 0 Å². The molecule has 0 heterocycles. The summed E-state index contributed by atoms with van der Waals surface area (Å²) in [5, 5.41) is 11.4. The molecule has 0 saturated carbocycles. The van der Waals surface area contributed by atoms with E-state index in [1.165, 1.54) is 0 Å². The summed E-state index contributed by atoms with van der Waals surface area (Å²) in [5.41, 5.74) is 3.80. The molecule has 0 amide bonds. The molecule has 1 nitrogen and oxygen atoms in total. The predicted molar refractivity (Wildman–Crippen MR) is 76.4 cm³/mol. The fourth-order valence-corrected chi connectivity index (χ4v) is 2.64. The Hall–Kier alpha value is -1.02. The molecule has 2 aromatic carbocycles. The topological polar surface area (TPSA) is 20.2 Å².